The van der Waals surface area contributed by atoms with Gasteiger partial charge >= 0.3 is 0 Å². The predicted molar refractivity (Wildman–Crippen MR) is 90.8 cm³/mol. The molecule has 3 heterocycles. The highest BCUT2D eigenvalue weighted by Crippen LogP contribution is 2.35. The topological polar surface area (TPSA) is 42.1 Å². The van der Waals surface area contributed by atoms with Gasteiger partial charge in [-0.1, -0.05) is 0 Å². The number of aryl methyl sites for hydroxylation is 2. The quantitative estimate of drug-likeness (QED) is 0.841. The average molecular weight is 316 g/mol. The van der Waals surface area contributed by atoms with Crippen LogP contribution in [0.15, 0.2) is 24.7 Å². The largest absolute Gasteiger partial charge is 0.302 e. The van der Waals surface area contributed by atoms with Crippen molar-refractivity contribution in [2.24, 2.45) is 20.0 Å². The van der Waals surface area contributed by atoms with E-state index in [1.807, 2.05) is 35.9 Å². The molecule has 0 spiro atoms. The molecule has 2 atom stereocenters. The molecule has 0 amide bonds. The van der Waals surface area contributed by atoms with Crippen molar-refractivity contribution in [1.29, 1.82) is 0 Å². The number of likely N-dealkylation sites (tertiary alicyclic amines) is 1. The minimum absolute atomic E-state index is 0.451. The summed E-state index contributed by atoms with van der Waals surface area (Å²) in [5.41, 5.74) is 2.60. The second-order valence-corrected chi connectivity index (χ2v) is 6.93. The Morgan fingerprint density at radius 2 is 2.09 bits per heavy atom. The summed E-state index contributed by atoms with van der Waals surface area (Å²) < 4.78 is 3.90. The molecular weight excluding hydrogens is 288 g/mol. The Kier molecular flexibility index (Phi) is 4.82. The molecule has 1 fully saturated rings. The molecule has 3 rings (SSSR count). The van der Waals surface area contributed by atoms with Crippen LogP contribution in [0, 0.1) is 5.92 Å². The fourth-order valence-electron chi connectivity index (χ4n) is 3.92. The Morgan fingerprint density at radius 1 is 1.26 bits per heavy atom. The zero-order valence-electron chi connectivity index (χ0n) is 14.7. The second kappa shape index (κ2) is 6.84. The molecule has 1 aliphatic heterocycles. The van der Waals surface area contributed by atoms with Crippen LogP contribution >= 0.6 is 0 Å². The molecule has 23 heavy (non-hydrogen) atoms. The van der Waals surface area contributed by atoms with Crippen molar-refractivity contribution in [1.82, 2.24) is 29.4 Å². The van der Waals surface area contributed by atoms with Gasteiger partial charge in [0.25, 0.3) is 0 Å². The fraction of sp³-hybridized carbons (Fsp3) is 0.647. The van der Waals surface area contributed by atoms with E-state index in [9.17, 15) is 0 Å². The summed E-state index contributed by atoms with van der Waals surface area (Å²) in [6, 6.07) is 2.62. The number of hydrogen-bond acceptors (Lipinski definition) is 4. The average Bonchev–Trinajstić information content (AvgIpc) is 3.08. The van der Waals surface area contributed by atoms with Gasteiger partial charge in [-0.2, -0.15) is 10.2 Å². The highest BCUT2D eigenvalue weighted by Gasteiger charge is 2.32. The first-order chi connectivity index (χ1) is 11.0. The molecule has 6 heteroatoms. The first-order valence-electron chi connectivity index (χ1n) is 8.39. The zero-order valence-corrected chi connectivity index (χ0v) is 14.7. The van der Waals surface area contributed by atoms with Gasteiger partial charge < -0.3 is 4.90 Å². The van der Waals surface area contributed by atoms with Gasteiger partial charge in [0.15, 0.2) is 0 Å². The van der Waals surface area contributed by atoms with Gasteiger partial charge in [-0.05, 0) is 45.5 Å². The third-order valence-corrected chi connectivity index (χ3v) is 4.93. The van der Waals surface area contributed by atoms with E-state index in [1.54, 1.807) is 0 Å². The van der Waals surface area contributed by atoms with E-state index in [2.05, 4.69) is 46.4 Å². The SMILES string of the molecule is CN(Cc1cnn(C)c1)C[C@@H]1CCCN(C)[C@H]1c1ccnn1C. The van der Waals surface area contributed by atoms with Crippen LogP contribution in [0.1, 0.15) is 30.1 Å². The summed E-state index contributed by atoms with van der Waals surface area (Å²) >= 11 is 0. The maximum atomic E-state index is 4.38. The number of nitrogens with zero attached hydrogens (tertiary/aromatic N) is 6. The van der Waals surface area contributed by atoms with E-state index in [1.165, 1.54) is 30.6 Å². The summed E-state index contributed by atoms with van der Waals surface area (Å²) in [7, 11) is 8.47. The molecule has 1 aliphatic rings. The van der Waals surface area contributed by atoms with Gasteiger partial charge in [-0.3, -0.25) is 14.3 Å². The number of hydrogen-bond donors (Lipinski definition) is 0. The van der Waals surface area contributed by atoms with Crippen LogP contribution in [0.4, 0.5) is 0 Å². The molecule has 0 saturated carbocycles. The summed E-state index contributed by atoms with van der Waals surface area (Å²) in [6.45, 7) is 3.21. The van der Waals surface area contributed by atoms with Gasteiger partial charge in [-0.25, -0.2) is 0 Å². The smallest absolute Gasteiger partial charge is 0.0555 e. The van der Waals surface area contributed by atoms with Crippen LogP contribution in [0.3, 0.4) is 0 Å². The third-order valence-electron chi connectivity index (χ3n) is 4.93. The molecule has 0 bridgehead atoms. The van der Waals surface area contributed by atoms with E-state index < -0.39 is 0 Å². The van der Waals surface area contributed by atoms with Crippen molar-refractivity contribution in [2.45, 2.75) is 25.4 Å². The molecule has 2 aromatic rings. The van der Waals surface area contributed by atoms with E-state index in [0.29, 0.717) is 12.0 Å². The monoisotopic (exact) mass is 316 g/mol. The van der Waals surface area contributed by atoms with Gasteiger partial charge in [-0.15, -0.1) is 0 Å². The van der Waals surface area contributed by atoms with Gasteiger partial charge in [0.05, 0.1) is 17.9 Å². The highest BCUT2D eigenvalue weighted by atomic mass is 15.3. The lowest BCUT2D eigenvalue weighted by molar-refractivity contribution is 0.0873. The third kappa shape index (κ3) is 3.64. The van der Waals surface area contributed by atoms with Crippen molar-refractivity contribution in [3.63, 3.8) is 0 Å². The van der Waals surface area contributed by atoms with Crippen LogP contribution in [0.2, 0.25) is 0 Å². The zero-order chi connectivity index (χ0) is 16.4. The molecule has 0 aromatic carbocycles. The van der Waals surface area contributed by atoms with E-state index in [4.69, 9.17) is 0 Å². The lowest BCUT2D eigenvalue weighted by atomic mass is 9.87. The van der Waals surface area contributed by atoms with Crippen molar-refractivity contribution < 1.29 is 0 Å². The molecule has 0 unspecified atom stereocenters. The Labute approximate surface area is 138 Å². The number of rotatable bonds is 5. The molecule has 0 aliphatic carbocycles. The highest BCUT2D eigenvalue weighted by molar-refractivity contribution is 5.10. The summed E-state index contributed by atoms with van der Waals surface area (Å²) in [4.78, 5) is 4.91. The van der Waals surface area contributed by atoms with E-state index in [-0.39, 0.29) is 0 Å². The maximum absolute atomic E-state index is 4.38. The predicted octanol–water partition coefficient (Wildman–Crippen LogP) is 1.67. The van der Waals surface area contributed by atoms with Crippen LogP contribution < -0.4 is 0 Å². The van der Waals surface area contributed by atoms with Gasteiger partial charge in [0.1, 0.15) is 0 Å². The van der Waals surface area contributed by atoms with Crippen molar-refractivity contribution in [3.05, 3.63) is 35.9 Å². The number of piperidine rings is 1. The molecule has 1 saturated heterocycles. The maximum Gasteiger partial charge on any atom is 0.0555 e. The Morgan fingerprint density at radius 3 is 2.74 bits per heavy atom. The molecule has 126 valence electrons. The van der Waals surface area contributed by atoms with Crippen molar-refractivity contribution in [3.8, 4) is 0 Å². The normalized spacial score (nSPS) is 22.8. The van der Waals surface area contributed by atoms with Crippen LogP contribution in [0.5, 0.6) is 0 Å². The number of aromatic nitrogens is 4. The standard InChI is InChI=1S/C17H28N6/c1-20(11-14-10-19-22(3)12-14)13-15-6-5-9-21(2)17(15)16-7-8-18-23(16)4/h7-8,10,12,15,17H,5-6,9,11,13H2,1-4H3/t15-,17+/m0/s1. The van der Waals surface area contributed by atoms with E-state index >= 15 is 0 Å². The Balaban J connectivity index is 1.70. The molecule has 6 nitrogen and oxygen atoms in total. The fourth-order valence-corrected chi connectivity index (χ4v) is 3.92. The molecule has 0 radical (unpaired) electrons. The summed E-state index contributed by atoms with van der Waals surface area (Å²) in [6.07, 6.45) is 8.52. The summed E-state index contributed by atoms with van der Waals surface area (Å²) in [5.74, 6) is 0.630. The van der Waals surface area contributed by atoms with Gasteiger partial charge in [0.2, 0.25) is 0 Å². The lowest BCUT2D eigenvalue weighted by Crippen LogP contribution is -2.41. The minimum Gasteiger partial charge on any atom is -0.302 e. The molecule has 0 N–H and O–H groups in total. The van der Waals surface area contributed by atoms with Crippen LogP contribution in [0.25, 0.3) is 0 Å². The second-order valence-electron chi connectivity index (χ2n) is 6.93. The first-order valence-corrected chi connectivity index (χ1v) is 8.39. The lowest BCUT2D eigenvalue weighted by Gasteiger charge is -2.40. The van der Waals surface area contributed by atoms with Crippen molar-refractivity contribution >= 4 is 0 Å². The molecular formula is C17H28N6. The molecule has 2 aromatic heterocycles. The first kappa shape index (κ1) is 16.2. The van der Waals surface area contributed by atoms with E-state index in [0.717, 1.165) is 13.1 Å². The minimum atomic E-state index is 0.451. The summed E-state index contributed by atoms with van der Waals surface area (Å²) in [5, 5.41) is 8.64. The van der Waals surface area contributed by atoms with Gasteiger partial charge in [0, 0.05) is 45.1 Å². The Hall–Kier alpha value is -1.66. The Bertz CT molecular complexity index is 631. The van der Waals surface area contributed by atoms with Crippen molar-refractivity contribution in [2.75, 3.05) is 27.2 Å². The van der Waals surface area contributed by atoms with Crippen LogP contribution in [-0.4, -0.2) is 56.5 Å². The van der Waals surface area contributed by atoms with Crippen LogP contribution in [-0.2, 0) is 20.6 Å².